The molecule has 0 heterocycles. The number of hydrogen-bond acceptors (Lipinski definition) is 3. The van der Waals surface area contributed by atoms with E-state index >= 15 is 0 Å². The van der Waals surface area contributed by atoms with E-state index in [1.165, 1.54) is 0 Å². The molecule has 0 aliphatic heterocycles. The zero-order valence-corrected chi connectivity index (χ0v) is 10.1. The van der Waals surface area contributed by atoms with Crippen molar-refractivity contribution in [3.05, 3.63) is 33.4 Å². The number of carbonyl (C=O) groups excluding carboxylic acids is 2. The van der Waals surface area contributed by atoms with Gasteiger partial charge in [0.25, 0.3) is 0 Å². The zero-order valence-electron chi connectivity index (χ0n) is 7.94. The lowest BCUT2D eigenvalue weighted by Crippen LogP contribution is -2.38. The number of nitrogens with two attached hydrogens (primary N) is 2. The van der Waals surface area contributed by atoms with Gasteiger partial charge < -0.3 is 11.5 Å². The topological polar surface area (TPSA) is 86.2 Å². The first-order valence-electron chi connectivity index (χ1n) is 4.34. The van der Waals surface area contributed by atoms with Crippen molar-refractivity contribution in [2.24, 2.45) is 11.5 Å². The van der Waals surface area contributed by atoms with E-state index in [1.54, 1.807) is 12.1 Å². The van der Waals surface area contributed by atoms with Crippen LogP contribution in [0.3, 0.4) is 0 Å². The molecule has 1 aromatic carbocycles. The summed E-state index contributed by atoms with van der Waals surface area (Å²) in [5, 5.41) is 0. The summed E-state index contributed by atoms with van der Waals surface area (Å²) in [6.07, 6.45) is -0.0457. The molecule has 0 spiro atoms. The Morgan fingerprint density at radius 1 is 1.27 bits per heavy atom. The predicted octanol–water partition coefficient (Wildman–Crippen LogP) is 0.677. The van der Waals surface area contributed by atoms with E-state index in [0.29, 0.717) is 5.56 Å². The summed E-state index contributed by atoms with van der Waals surface area (Å²) >= 11 is 2.15. The Labute approximate surface area is 101 Å². The largest absolute Gasteiger partial charge is 0.368 e. The van der Waals surface area contributed by atoms with Crippen molar-refractivity contribution < 1.29 is 9.59 Å². The van der Waals surface area contributed by atoms with E-state index in [4.69, 9.17) is 11.5 Å². The van der Waals surface area contributed by atoms with Gasteiger partial charge in [0, 0.05) is 15.6 Å². The van der Waals surface area contributed by atoms with Gasteiger partial charge in [-0.1, -0.05) is 12.1 Å². The van der Waals surface area contributed by atoms with Gasteiger partial charge in [-0.05, 0) is 34.7 Å². The molecular weight excluding hydrogens is 307 g/mol. The molecule has 0 radical (unpaired) electrons. The van der Waals surface area contributed by atoms with E-state index in [2.05, 4.69) is 22.6 Å². The van der Waals surface area contributed by atoms with Crippen LogP contribution in [0.1, 0.15) is 16.8 Å². The van der Waals surface area contributed by atoms with Crippen LogP contribution in [-0.4, -0.2) is 17.7 Å². The van der Waals surface area contributed by atoms with Gasteiger partial charge in [-0.2, -0.15) is 0 Å². The molecule has 1 amide bonds. The molecule has 80 valence electrons. The van der Waals surface area contributed by atoms with E-state index < -0.39 is 11.9 Å². The minimum atomic E-state index is -0.906. The summed E-state index contributed by atoms with van der Waals surface area (Å²) in [7, 11) is 0. The lowest BCUT2D eigenvalue weighted by Gasteiger charge is -2.06. The van der Waals surface area contributed by atoms with Crippen LogP contribution in [0.15, 0.2) is 24.3 Å². The molecule has 0 aromatic heterocycles. The first kappa shape index (κ1) is 12.1. The number of Topliss-reactive ketones (excluding diaryl/α,β-unsaturated/α-hetero) is 1. The maximum Gasteiger partial charge on any atom is 0.234 e. The maximum atomic E-state index is 11.6. The molecule has 0 saturated heterocycles. The van der Waals surface area contributed by atoms with Gasteiger partial charge in [0.1, 0.15) is 0 Å². The molecule has 0 saturated carbocycles. The number of benzene rings is 1. The van der Waals surface area contributed by atoms with Crippen LogP contribution in [0, 0.1) is 3.57 Å². The second kappa shape index (κ2) is 5.22. The lowest BCUT2D eigenvalue weighted by molar-refractivity contribution is -0.119. The first-order valence-corrected chi connectivity index (χ1v) is 5.42. The van der Waals surface area contributed by atoms with Gasteiger partial charge in [0.15, 0.2) is 5.78 Å². The fourth-order valence-electron chi connectivity index (χ4n) is 1.05. The molecule has 1 aromatic rings. The highest BCUT2D eigenvalue weighted by atomic mass is 127. The Balaban J connectivity index is 2.69. The highest BCUT2D eigenvalue weighted by molar-refractivity contribution is 14.1. The normalized spacial score (nSPS) is 12.1. The van der Waals surface area contributed by atoms with Crippen molar-refractivity contribution in [2.75, 3.05) is 0 Å². The van der Waals surface area contributed by atoms with Crippen molar-refractivity contribution in [1.29, 1.82) is 0 Å². The van der Waals surface area contributed by atoms with Gasteiger partial charge >= 0.3 is 0 Å². The quantitative estimate of drug-likeness (QED) is 0.632. The minimum Gasteiger partial charge on any atom is -0.368 e. The molecule has 4 nitrogen and oxygen atoms in total. The SMILES string of the molecule is NC(=O)C(N)CC(=O)c1ccc(I)cc1. The Hall–Kier alpha value is -0.950. The van der Waals surface area contributed by atoms with Gasteiger partial charge in [0.2, 0.25) is 5.91 Å². The molecule has 0 aliphatic rings. The third-order valence-corrected chi connectivity index (χ3v) is 2.66. The molecule has 0 fully saturated rings. The van der Waals surface area contributed by atoms with Crippen molar-refractivity contribution in [1.82, 2.24) is 0 Å². The van der Waals surface area contributed by atoms with Crippen LogP contribution in [0.25, 0.3) is 0 Å². The number of primary amides is 1. The van der Waals surface area contributed by atoms with Crippen molar-refractivity contribution in [3.8, 4) is 0 Å². The third-order valence-electron chi connectivity index (χ3n) is 1.94. The van der Waals surface area contributed by atoms with Crippen molar-refractivity contribution in [2.45, 2.75) is 12.5 Å². The third kappa shape index (κ3) is 3.60. The molecule has 1 unspecified atom stereocenters. The molecule has 1 atom stereocenters. The smallest absolute Gasteiger partial charge is 0.234 e. The van der Waals surface area contributed by atoms with Gasteiger partial charge in [-0.15, -0.1) is 0 Å². The number of ketones is 1. The molecule has 1 rings (SSSR count). The van der Waals surface area contributed by atoms with Crippen LogP contribution in [-0.2, 0) is 4.79 Å². The van der Waals surface area contributed by atoms with Gasteiger partial charge in [-0.3, -0.25) is 9.59 Å². The standard InChI is InChI=1S/C10H11IN2O2/c11-7-3-1-6(2-4-7)9(14)5-8(12)10(13)15/h1-4,8H,5,12H2,(H2,13,15). The average molecular weight is 318 g/mol. The first-order chi connectivity index (χ1) is 7.00. The van der Waals surface area contributed by atoms with Crippen LogP contribution in [0.2, 0.25) is 0 Å². The number of rotatable bonds is 4. The zero-order chi connectivity index (χ0) is 11.4. The van der Waals surface area contributed by atoms with Gasteiger partial charge in [0.05, 0.1) is 6.04 Å². The molecule has 4 N–H and O–H groups in total. The molecular formula is C10H11IN2O2. The monoisotopic (exact) mass is 318 g/mol. The summed E-state index contributed by atoms with van der Waals surface area (Å²) in [6.45, 7) is 0. The highest BCUT2D eigenvalue weighted by Crippen LogP contribution is 2.09. The van der Waals surface area contributed by atoms with Gasteiger partial charge in [-0.25, -0.2) is 0 Å². The Kier molecular flexibility index (Phi) is 4.22. The van der Waals surface area contributed by atoms with Crippen LogP contribution < -0.4 is 11.5 Å². The van der Waals surface area contributed by atoms with E-state index in [0.717, 1.165) is 3.57 Å². The highest BCUT2D eigenvalue weighted by Gasteiger charge is 2.15. The fraction of sp³-hybridized carbons (Fsp3) is 0.200. The number of halogens is 1. The Bertz CT molecular complexity index is 376. The summed E-state index contributed by atoms with van der Waals surface area (Å²) in [4.78, 5) is 22.2. The molecule has 5 heteroatoms. The predicted molar refractivity (Wildman–Crippen MR) is 65.3 cm³/mol. The van der Waals surface area contributed by atoms with Crippen molar-refractivity contribution >= 4 is 34.3 Å². The van der Waals surface area contributed by atoms with Crippen molar-refractivity contribution in [3.63, 3.8) is 0 Å². The summed E-state index contributed by atoms with van der Waals surface area (Å²) in [6, 6.07) is 6.15. The van der Waals surface area contributed by atoms with Crippen LogP contribution in [0.5, 0.6) is 0 Å². The van der Waals surface area contributed by atoms with E-state index in [9.17, 15) is 9.59 Å². The summed E-state index contributed by atoms with van der Waals surface area (Å²) in [5.41, 5.74) is 10.9. The van der Waals surface area contributed by atoms with E-state index in [-0.39, 0.29) is 12.2 Å². The average Bonchev–Trinajstić information content (AvgIpc) is 2.18. The lowest BCUT2D eigenvalue weighted by atomic mass is 10.0. The number of hydrogen-bond donors (Lipinski definition) is 2. The molecule has 15 heavy (non-hydrogen) atoms. The Morgan fingerprint density at radius 2 is 1.80 bits per heavy atom. The molecule has 0 bridgehead atoms. The second-order valence-corrected chi connectivity index (χ2v) is 4.39. The number of amides is 1. The van der Waals surface area contributed by atoms with Crippen LogP contribution >= 0.6 is 22.6 Å². The Morgan fingerprint density at radius 3 is 2.27 bits per heavy atom. The summed E-state index contributed by atoms with van der Waals surface area (Å²) in [5.74, 6) is -0.827. The van der Waals surface area contributed by atoms with Crippen LogP contribution in [0.4, 0.5) is 0 Å². The molecule has 0 aliphatic carbocycles. The summed E-state index contributed by atoms with van der Waals surface area (Å²) < 4.78 is 1.04. The van der Waals surface area contributed by atoms with E-state index in [1.807, 2.05) is 12.1 Å². The minimum absolute atomic E-state index is 0.0457. The second-order valence-electron chi connectivity index (χ2n) is 3.14. The number of carbonyl (C=O) groups is 2. The fourth-order valence-corrected chi connectivity index (χ4v) is 1.41. The maximum absolute atomic E-state index is 11.6.